The van der Waals surface area contributed by atoms with Gasteiger partial charge in [-0.25, -0.2) is 18.0 Å². The molecule has 0 unspecified atom stereocenters. The largest absolute Gasteiger partial charge is 0.480 e. The number of urea groups is 1. The van der Waals surface area contributed by atoms with Crippen molar-refractivity contribution in [1.82, 2.24) is 4.90 Å². The third-order valence-corrected chi connectivity index (χ3v) is 2.20. The molecule has 20 heavy (non-hydrogen) atoms. The fourth-order valence-electron chi connectivity index (χ4n) is 1.37. The molecule has 0 aliphatic rings. The highest BCUT2D eigenvalue weighted by Gasteiger charge is 2.17. The van der Waals surface area contributed by atoms with Crippen LogP contribution in [0.5, 0.6) is 0 Å². The van der Waals surface area contributed by atoms with E-state index in [2.05, 4.69) is 11.9 Å². The lowest BCUT2D eigenvalue weighted by atomic mass is 10.3. The number of carbonyl (C=O) groups excluding carboxylic acids is 1. The summed E-state index contributed by atoms with van der Waals surface area (Å²) in [5, 5.41) is 10.7. The van der Waals surface area contributed by atoms with E-state index in [1.54, 1.807) is 0 Å². The molecule has 1 aromatic rings. The first-order valence-corrected chi connectivity index (χ1v) is 5.38. The van der Waals surface area contributed by atoms with E-state index in [-0.39, 0.29) is 12.2 Å². The molecule has 0 saturated heterocycles. The van der Waals surface area contributed by atoms with Gasteiger partial charge in [0.25, 0.3) is 0 Å². The number of rotatable bonds is 5. The maximum atomic E-state index is 13.0. The third kappa shape index (κ3) is 4.01. The zero-order valence-electron chi connectivity index (χ0n) is 10.2. The van der Waals surface area contributed by atoms with Crippen LogP contribution in [0.2, 0.25) is 0 Å². The number of anilines is 1. The van der Waals surface area contributed by atoms with Crippen LogP contribution in [-0.4, -0.2) is 35.1 Å². The highest BCUT2D eigenvalue weighted by molar-refractivity contribution is 5.91. The number of amides is 2. The van der Waals surface area contributed by atoms with Crippen LogP contribution in [0.25, 0.3) is 0 Å². The van der Waals surface area contributed by atoms with Crippen molar-refractivity contribution in [3.8, 4) is 0 Å². The van der Waals surface area contributed by atoms with Crippen LogP contribution < -0.4 is 5.32 Å². The van der Waals surface area contributed by atoms with Crippen LogP contribution >= 0.6 is 0 Å². The molecule has 2 N–H and O–H groups in total. The van der Waals surface area contributed by atoms with Gasteiger partial charge in [0, 0.05) is 24.4 Å². The Balaban J connectivity index is 2.87. The summed E-state index contributed by atoms with van der Waals surface area (Å²) in [5.74, 6) is -5.85. The average Bonchev–Trinajstić information content (AvgIpc) is 2.34. The topological polar surface area (TPSA) is 69.6 Å². The van der Waals surface area contributed by atoms with Crippen LogP contribution in [0.15, 0.2) is 24.8 Å². The second kappa shape index (κ2) is 6.60. The van der Waals surface area contributed by atoms with E-state index in [4.69, 9.17) is 5.11 Å². The number of nitrogens with zero attached hydrogens (tertiary/aromatic N) is 1. The van der Waals surface area contributed by atoms with Gasteiger partial charge in [0.2, 0.25) is 0 Å². The number of carboxylic acid groups (broad SMARTS) is 1. The fourth-order valence-corrected chi connectivity index (χ4v) is 1.37. The van der Waals surface area contributed by atoms with E-state index < -0.39 is 36.0 Å². The Morgan fingerprint density at radius 2 is 1.85 bits per heavy atom. The lowest BCUT2D eigenvalue weighted by molar-refractivity contribution is -0.137. The molecule has 0 saturated carbocycles. The minimum Gasteiger partial charge on any atom is -0.480 e. The number of hydrogen-bond donors (Lipinski definition) is 2. The number of halogens is 3. The van der Waals surface area contributed by atoms with Gasteiger partial charge in [-0.2, -0.15) is 0 Å². The zero-order valence-corrected chi connectivity index (χ0v) is 10.2. The Morgan fingerprint density at radius 3 is 2.30 bits per heavy atom. The number of benzene rings is 1. The van der Waals surface area contributed by atoms with Gasteiger partial charge in [0.15, 0.2) is 17.5 Å². The van der Waals surface area contributed by atoms with Crippen molar-refractivity contribution in [3.63, 3.8) is 0 Å². The van der Waals surface area contributed by atoms with Crippen LogP contribution in [0.1, 0.15) is 0 Å². The first-order chi connectivity index (χ1) is 9.35. The zero-order chi connectivity index (χ0) is 15.3. The smallest absolute Gasteiger partial charge is 0.323 e. The van der Waals surface area contributed by atoms with E-state index in [9.17, 15) is 22.8 Å². The highest BCUT2D eigenvalue weighted by atomic mass is 19.2. The standard InChI is InChI=1S/C12H11F3N2O3/c1-2-3-17(6-10(18)19)12(20)16-7-4-8(13)11(15)9(14)5-7/h2,4-5H,1,3,6H2,(H,16,20)(H,18,19). The number of hydrogen-bond acceptors (Lipinski definition) is 2. The lowest BCUT2D eigenvalue weighted by Gasteiger charge is -2.19. The Hall–Kier alpha value is -2.51. The fraction of sp³-hybridized carbons (Fsp3) is 0.167. The third-order valence-electron chi connectivity index (χ3n) is 2.20. The molecule has 1 aromatic carbocycles. The van der Waals surface area contributed by atoms with Crippen molar-refractivity contribution in [2.45, 2.75) is 0 Å². The summed E-state index contributed by atoms with van der Waals surface area (Å²) in [6.07, 6.45) is 1.29. The lowest BCUT2D eigenvalue weighted by Crippen LogP contribution is -2.38. The van der Waals surface area contributed by atoms with Crippen LogP contribution in [-0.2, 0) is 4.79 Å². The van der Waals surface area contributed by atoms with E-state index in [0.717, 1.165) is 4.90 Å². The quantitative estimate of drug-likeness (QED) is 0.644. The highest BCUT2D eigenvalue weighted by Crippen LogP contribution is 2.17. The molecule has 0 bridgehead atoms. The molecule has 1 rings (SSSR count). The summed E-state index contributed by atoms with van der Waals surface area (Å²) >= 11 is 0. The molecular formula is C12H11F3N2O3. The van der Waals surface area contributed by atoms with Gasteiger partial charge in [-0.15, -0.1) is 6.58 Å². The molecule has 0 heterocycles. The van der Waals surface area contributed by atoms with Crippen LogP contribution in [0.3, 0.4) is 0 Å². The minimum atomic E-state index is -1.66. The first kappa shape index (κ1) is 15.5. The normalized spacial score (nSPS) is 9.95. The molecule has 2 amide bonds. The van der Waals surface area contributed by atoms with Gasteiger partial charge in [0.05, 0.1) is 0 Å². The Bertz CT molecular complexity index is 526. The number of nitrogens with one attached hydrogen (secondary N) is 1. The number of aliphatic carboxylic acids is 1. The Labute approximate surface area is 112 Å². The van der Waals surface area contributed by atoms with Crippen LogP contribution in [0, 0.1) is 17.5 Å². The first-order valence-electron chi connectivity index (χ1n) is 5.38. The van der Waals surface area contributed by atoms with Crippen molar-refractivity contribution >= 4 is 17.7 Å². The van der Waals surface area contributed by atoms with Gasteiger partial charge in [0.1, 0.15) is 6.54 Å². The van der Waals surface area contributed by atoms with Crippen molar-refractivity contribution in [1.29, 1.82) is 0 Å². The minimum absolute atomic E-state index is 0.0791. The monoisotopic (exact) mass is 288 g/mol. The molecule has 0 aliphatic heterocycles. The van der Waals surface area contributed by atoms with Gasteiger partial charge in [-0.3, -0.25) is 4.79 Å². The summed E-state index contributed by atoms with van der Waals surface area (Å²) in [6.45, 7) is 2.65. The second-order valence-corrected chi connectivity index (χ2v) is 3.75. The molecule has 0 fully saturated rings. The molecule has 5 nitrogen and oxygen atoms in total. The molecular weight excluding hydrogens is 277 g/mol. The van der Waals surface area contributed by atoms with E-state index in [1.165, 1.54) is 6.08 Å². The van der Waals surface area contributed by atoms with Gasteiger partial charge < -0.3 is 15.3 Å². The summed E-state index contributed by atoms with van der Waals surface area (Å²) in [5.41, 5.74) is -0.328. The van der Waals surface area contributed by atoms with Gasteiger partial charge >= 0.3 is 12.0 Å². The number of carboxylic acids is 1. The molecule has 0 spiro atoms. The van der Waals surface area contributed by atoms with Crippen molar-refractivity contribution < 1.29 is 27.9 Å². The van der Waals surface area contributed by atoms with Crippen LogP contribution in [0.4, 0.5) is 23.7 Å². The van der Waals surface area contributed by atoms with Gasteiger partial charge in [-0.05, 0) is 0 Å². The Kier molecular flexibility index (Phi) is 5.13. The molecule has 0 atom stereocenters. The average molecular weight is 288 g/mol. The summed E-state index contributed by atoms with van der Waals surface area (Å²) < 4.78 is 38.7. The predicted octanol–water partition coefficient (Wildman–Crippen LogP) is 2.21. The van der Waals surface area contributed by atoms with E-state index >= 15 is 0 Å². The summed E-state index contributed by atoms with van der Waals surface area (Å²) in [6, 6.07) is 0.268. The molecule has 0 aromatic heterocycles. The van der Waals surface area contributed by atoms with Crippen molar-refractivity contribution in [3.05, 3.63) is 42.2 Å². The van der Waals surface area contributed by atoms with Gasteiger partial charge in [-0.1, -0.05) is 6.08 Å². The summed E-state index contributed by atoms with van der Waals surface area (Å²) in [7, 11) is 0. The Morgan fingerprint density at radius 1 is 1.30 bits per heavy atom. The van der Waals surface area contributed by atoms with E-state index in [1.807, 2.05) is 0 Å². The molecule has 8 heteroatoms. The predicted molar refractivity (Wildman–Crippen MR) is 64.7 cm³/mol. The molecule has 108 valence electrons. The molecule has 0 aliphatic carbocycles. The maximum Gasteiger partial charge on any atom is 0.323 e. The number of carbonyl (C=O) groups is 2. The van der Waals surface area contributed by atoms with Crippen molar-refractivity contribution in [2.75, 3.05) is 18.4 Å². The molecule has 0 radical (unpaired) electrons. The summed E-state index contributed by atoms with van der Waals surface area (Å²) in [4.78, 5) is 23.1. The van der Waals surface area contributed by atoms with Crippen molar-refractivity contribution in [2.24, 2.45) is 0 Å². The SMILES string of the molecule is C=CCN(CC(=O)O)C(=O)Nc1cc(F)c(F)c(F)c1. The maximum absolute atomic E-state index is 13.0. The second-order valence-electron chi connectivity index (χ2n) is 3.75. The van der Waals surface area contributed by atoms with E-state index in [0.29, 0.717) is 12.1 Å².